The second-order valence-corrected chi connectivity index (χ2v) is 4.36. The second kappa shape index (κ2) is 5.81. The zero-order chi connectivity index (χ0) is 14.7. The van der Waals surface area contributed by atoms with Crippen molar-refractivity contribution in [3.63, 3.8) is 0 Å². The highest BCUT2D eigenvalue weighted by molar-refractivity contribution is 6.36. The highest BCUT2D eigenvalue weighted by atomic mass is 35.5. The molecule has 0 saturated heterocycles. The van der Waals surface area contributed by atoms with Crippen LogP contribution >= 0.6 is 23.2 Å². The summed E-state index contributed by atoms with van der Waals surface area (Å²) in [5, 5.41) is 20.3. The van der Waals surface area contributed by atoms with Gasteiger partial charge in [-0.15, -0.1) is 10.2 Å². The van der Waals surface area contributed by atoms with Crippen LogP contribution in [0.4, 0.5) is 11.5 Å². The van der Waals surface area contributed by atoms with Gasteiger partial charge in [-0.25, -0.2) is 0 Å². The molecule has 0 aliphatic rings. The fraction of sp³-hybridized carbons (Fsp3) is 0. The molecule has 2 rings (SSSR count). The summed E-state index contributed by atoms with van der Waals surface area (Å²) >= 11 is 11.4. The van der Waals surface area contributed by atoms with E-state index in [9.17, 15) is 14.9 Å². The second-order valence-electron chi connectivity index (χ2n) is 3.59. The maximum atomic E-state index is 12.0. The number of halogens is 2. The molecule has 0 bridgehead atoms. The minimum atomic E-state index is -0.665. The van der Waals surface area contributed by atoms with Crippen molar-refractivity contribution < 1.29 is 9.72 Å². The lowest BCUT2D eigenvalue weighted by molar-refractivity contribution is -0.384. The zero-order valence-electron chi connectivity index (χ0n) is 9.71. The normalized spacial score (nSPS) is 10.1. The number of aromatic nitrogens is 2. The highest BCUT2D eigenvalue weighted by Crippen LogP contribution is 2.28. The van der Waals surface area contributed by atoms with Crippen LogP contribution in [0.15, 0.2) is 30.3 Å². The van der Waals surface area contributed by atoms with Gasteiger partial charge in [-0.1, -0.05) is 29.3 Å². The van der Waals surface area contributed by atoms with E-state index in [0.29, 0.717) is 0 Å². The molecular weight excluding hydrogens is 307 g/mol. The van der Waals surface area contributed by atoms with Crippen molar-refractivity contribution in [1.29, 1.82) is 0 Å². The van der Waals surface area contributed by atoms with Crippen molar-refractivity contribution in [3.8, 4) is 0 Å². The van der Waals surface area contributed by atoms with E-state index in [0.717, 1.165) is 0 Å². The van der Waals surface area contributed by atoms with E-state index in [1.165, 1.54) is 30.3 Å². The Labute approximate surface area is 122 Å². The zero-order valence-corrected chi connectivity index (χ0v) is 11.2. The molecule has 1 aromatic carbocycles. The van der Waals surface area contributed by atoms with E-state index in [-0.39, 0.29) is 27.2 Å². The molecule has 0 aliphatic heterocycles. The Hall–Kier alpha value is -2.25. The van der Waals surface area contributed by atoms with Crippen LogP contribution in [-0.4, -0.2) is 21.0 Å². The average Bonchev–Trinajstić information content (AvgIpc) is 2.41. The molecular formula is C11H6Cl2N4O3. The van der Waals surface area contributed by atoms with Crippen LogP contribution in [0.25, 0.3) is 0 Å². The predicted octanol–water partition coefficient (Wildman–Crippen LogP) is 2.94. The molecule has 9 heteroatoms. The quantitative estimate of drug-likeness (QED) is 0.694. The van der Waals surface area contributed by atoms with Crippen LogP contribution in [0.5, 0.6) is 0 Å². The number of nitro groups is 1. The van der Waals surface area contributed by atoms with Crippen LogP contribution in [0.1, 0.15) is 10.4 Å². The molecule has 0 unspecified atom stereocenters. The van der Waals surface area contributed by atoms with Crippen LogP contribution < -0.4 is 5.32 Å². The first-order valence-corrected chi connectivity index (χ1v) is 5.98. The average molecular weight is 313 g/mol. The Morgan fingerprint density at radius 2 is 1.95 bits per heavy atom. The SMILES string of the molecule is O=C(Nc1ccc(Cl)nn1)c1cccc([N+](=O)[O-])c1Cl. The predicted molar refractivity (Wildman–Crippen MR) is 73.1 cm³/mol. The number of nitro benzene ring substituents is 1. The third-order valence-electron chi connectivity index (χ3n) is 2.29. The first-order chi connectivity index (χ1) is 9.49. The number of nitrogens with zero attached hydrogens (tertiary/aromatic N) is 3. The molecule has 0 radical (unpaired) electrons. The summed E-state index contributed by atoms with van der Waals surface area (Å²) in [6.07, 6.45) is 0. The molecule has 1 aromatic heterocycles. The van der Waals surface area contributed by atoms with Crippen molar-refractivity contribution in [1.82, 2.24) is 10.2 Å². The van der Waals surface area contributed by atoms with Gasteiger partial charge in [0.25, 0.3) is 11.6 Å². The number of rotatable bonds is 3. The molecule has 20 heavy (non-hydrogen) atoms. The van der Waals surface area contributed by atoms with Crippen molar-refractivity contribution >= 4 is 40.6 Å². The Kier molecular flexibility index (Phi) is 4.11. The van der Waals surface area contributed by atoms with E-state index in [4.69, 9.17) is 23.2 Å². The van der Waals surface area contributed by atoms with Crippen LogP contribution in [0.2, 0.25) is 10.2 Å². The van der Waals surface area contributed by atoms with Gasteiger partial charge in [-0.3, -0.25) is 14.9 Å². The number of hydrogen-bond donors (Lipinski definition) is 1. The van der Waals surface area contributed by atoms with Crippen LogP contribution in [0.3, 0.4) is 0 Å². The lowest BCUT2D eigenvalue weighted by atomic mass is 10.2. The molecule has 1 amide bonds. The van der Waals surface area contributed by atoms with Gasteiger partial charge in [-0.05, 0) is 18.2 Å². The van der Waals surface area contributed by atoms with Gasteiger partial charge in [0.1, 0.15) is 5.02 Å². The third kappa shape index (κ3) is 3.01. The van der Waals surface area contributed by atoms with E-state index in [1.54, 1.807) is 0 Å². The summed E-state index contributed by atoms with van der Waals surface area (Å²) in [7, 11) is 0. The maximum absolute atomic E-state index is 12.0. The Bertz CT molecular complexity index is 676. The van der Waals surface area contributed by atoms with Gasteiger partial charge in [0.05, 0.1) is 10.5 Å². The largest absolute Gasteiger partial charge is 0.305 e. The molecule has 0 spiro atoms. The van der Waals surface area contributed by atoms with Crippen molar-refractivity contribution in [3.05, 3.63) is 56.2 Å². The summed E-state index contributed by atoms with van der Waals surface area (Å²) in [6.45, 7) is 0. The molecule has 0 fully saturated rings. The van der Waals surface area contributed by atoms with E-state index in [2.05, 4.69) is 15.5 Å². The van der Waals surface area contributed by atoms with Crippen molar-refractivity contribution in [2.75, 3.05) is 5.32 Å². The smallest absolute Gasteiger partial charge is 0.288 e. The lowest BCUT2D eigenvalue weighted by Gasteiger charge is -2.05. The number of nitrogens with one attached hydrogen (secondary N) is 1. The number of benzene rings is 1. The number of carbonyl (C=O) groups is 1. The molecule has 0 saturated carbocycles. The summed E-state index contributed by atoms with van der Waals surface area (Å²) in [4.78, 5) is 22.1. The topological polar surface area (TPSA) is 98.0 Å². The first-order valence-electron chi connectivity index (χ1n) is 5.22. The van der Waals surface area contributed by atoms with Crippen molar-refractivity contribution in [2.45, 2.75) is 0 Å². The van der Waals surface area contributed by atoms with Crippen molar-refractivity contribution in [2.24, 2.45) is 0 Å². The molecule has 2 aromatic rings. The molecule has 1 N–H and O–H groups in total. The summed E-state index contributed by atoms with van der Waals surface area (Å²) in [6, 6.07) is 6.83. The molecule has 102 valence electrons. The first kappa shape index (κ1) is 14.2. The molecule has 0 atom stereocenters. The van der Waals surface area contributed by atoms with Gasteiger partial charge in [0, 0.05) is 6.07 Å². The summed E-state index contributed by atoms with van der Waals surface area (Å²) < 4.78 is 0. The summed E-state index contributed by atoms with van der Waals surface area (Å²) in [5.74, 6) is -0.475. The summed E-state index contributed by atoms with van der Waals surface area (Å²) in [5.41, 5.74) is -0.376. The standard InChI is InChI=1S/C11H6Cl2N4O3/c12-8-4-5-9(16-15-8)14-11(18)6-2-1-3-7(10(6)13)17(19)20/h1-5H,(H,14,16,18). The Morgan fingerprint density at radius 1 is 1.20 bits per heavy atom. The van der Waals surface area contributed by atoms with E-state index in [1.807, 2.05) is 0 Å². The fourth-order valence-electron chi connectivity index (χ4n) is 1.40. The highest BCUT2D eigenvalue weighted by Gasteiger charge is 2.20. The van der Waals surface area contributed by atoms with Crippen LogP contribution in [0, 0.1) is 10.1 Å². The number of hydrogen-bond acceptors (Lipinski definition) is 5. The van der Waals surface area contributed by atoms with Gasteiger partial charge in [0.15, 0.2) is 11.0 Å². The minimum Gasteiger partial charge on any atom is -0.305 e. The maximum Gasteiger partial charge on any atom is 0.288 e. The lowest BCUT2D eigenvalue weighted by Crippen LogP contribution is -2.14. The minimum absolute atomic E-state index is 0.0300. The Balaban J connectivity index is 2.28. The van der Waals surface area contributed by atoms with Gasteiger partial charge in [-0.2, -0.15) is 0 Å². The monoisotopic (exact) mass is 312 g/mol. The molecule has 7 nitrogen and oxygen atoms in total. The van der Waals surface area contributed by atoms with E-state index >= 15 is 0 Å². The number of carbonyl (C=O) groups excluding carboxylic acids is 1. The van der Waals surface area contributed by atoms with Crippen LogP contribution in [-0.2, 0) is 0 Å². The van der Waals surface area contributed by atoms with Gasteiger partial charge in [0.2, 0.25) is 0 Å². The number of amides is 1. The number of anilines is 1. The van der Waals surface area contributed by atoms with E-state index < -0.39 is 10.8 Å². The fourth-order valence-corrected chi connectivity index (χ4v) is 1.78. The Morgan fingerprint density at radius 3 is 2.55 bits per heavy atom. The van der Waals surface area contributed by atoms with Gasteiger partial charge < -0.3 is 5.32 Å². The molecule has 1 heterocycles. The molecule has 0 aliphatic carbocycles. The van der Waals surface area contributed by atoms with Gasteiger partial charge >= 0.3 is 0 Å². The third-order valence-corrected chi connectivity index (χ3v) is 2.89.